The van der Waals surface area contributed by atoms with Gasteiger partial charge in [0.15, 0.2) is 0 Å². The summed E-state index contributed by atoms with van der Waals surface area (Å²) in [5.74, 6) is 6.84. The molecule has 4 rings (SSSR count). The SMILES string of the molecule is CC(C)C#Cc1ccc([C@H]2[C@@H](CO)N3CCCCN(S(=O)(=O)Cc4ccccc4)C[C@@H]23)cc1. The van der Waals surface area contributed by atoms with Gasteiger partial charge < -0.3 is 5.11 Å². The van der Waals surface area contributed by atoms with Gasteiger partial charge in [-0.05, 0) is 42.6 Å². The van der Waals surface area contributed by atoms with Crippen LogP contribution >= 0.6 is 0 Å². The molecular weight excluding hydrogens is 432 g/mol. The predicted molar refractivity (Wildman–Crippen MR) is 132 cm³/mol. The van der Waals surface area contributed by atoms with Gasteiger partial charge in [0.05, 0.1) is 12.4 Å². The highest BCUT2D eigenvalue weighted by Crippen LogP contribution is 2.42. The van der Waals surface area contributed by atoms with E-state index in [1.54, 1.807) is 4.31 Å². The minimum Gasteiger partial charge on any atom is -0.395 e. The van der Waals surface area contributed by atoms with Crippen LogP contribution < -0.4 is 0 Å². The lowest BCUT2D eigenvalue weighted by molar-refractivity contribution is -0.0554. The van der Waals surface area contributed by atoms with Crippen LogP contribution in [0.1, 0.15) is 49.3 Å². The van der Waals surface area contributed by atoms with E-state index in [1.165, 1.54) is 0 Å². The molecule has 2 heterocycles. The van der Waals surface area contributed by atoms with Crippen LogP contribution in [0.25, 0.3) is 0 Å². The van der Waals surface area contributed by atoms with E-state index in [0.29, 0.717) is 19.0 Å². The Morgan fingerprint density at radius 3 is 2.39 bits per heavy atom. The molecule has 0 amide bonds. The summed E-state index contributed by atoms with van der Waals surface area (Å²) in [6.45, 7) is 6.14. The first kappa shape index (κ1) is 24.0. The predicted octanol–water partition coefficient (Wildman–Crippen LogP) is 3.45. The second-order valence-corrected chi connectivity index (χ2v) is 11.4. The highest BCUT2D eigenvalue weighted by atomic mass is 32.2. The molecular formula is C27H34N2O3S. The number of nitrogens with zero attached hydrogens (tertiary/aromatic N) is 2. The maximum Gasteiger partial charge on any atom is 0.218 e. The quantitative estimate of drug-likeness (QED) is 0.686. The molecule has 0 aliphatic carbocycles. The van der Waals surface area contributed by atoms with Gasteiger partial charge in [-0.3, -0.25) is 4.90 Å². The van der Waals surface area contributed by atoms with E-state index < -0.39 is 10.0 Å². The molecule has 0 radical (unpaired) electrons. The molecule has 1 N–H and O–H groups in total. The summed E-state index contributed by atoms with van der Waals surface area (Å²) in [6.07, 6.45) is 1.77. The second-order valence-electron chi connectivity index (χ2n) is 9.43. The fraction of sp³-hybridized carbons (Fsp3) is 0.481. The highest BCUT2D eigenvalue weighted by molar-refractivity contribution is 7.88. The average Bonchev–Trinajstić information content (AvgIpc) is 2.77. The van der Waals surface area contributed by atoms with Crippen molar-refractivity contribution >= 4 is 10.0 Å². The molecule has 5 nitrogen and oxygen atoms in total. The third-order valence-corrected chi connectivity index (χ3v) is 8.54. The minimum atomic E-state index is -3.42. The van der Waals surface area contributed by atoms with E-state index in [4.69, 9.17) is 0 Å². The molecule has 0 unspecified atom stereocenters. The Morgan fingerprint density at radius 2 is 1.73 bits per heavy atom. The number of aliphatic hydroxyl groups is 1. The van der Waals surface area contributed by atoms with Gasteiger partial charge >= 0.3 is 0 Å². The molecule has 6 heteroatoms. The summed E-state index contributed by atoms with van der Waals surface area (Å²) in [7, 11) is -3.42. The third-order valence-electron chi connectivity index (χ3n) is 6.72. The van der Waals surface area contributed by atoms with Crippen molar-refractivity contribution < 1.29 is 13.5 Å². The zero-order chi connectivity index (χ0) is 23.4. The van der Waals surface area contributed by atoms with Crippen molar-refractivity contribution in [2.75, 3.05) is 26.2 Å². The van der Waals surface area contributed by atoms with Crippen LogP contribution in [0.15, 0.2) is 54.6 Å². The number of hydrogen-bond donors (Lipinski definition) is 1. The van der Waals surface area contributed by atoms with Crippen LogP contribution in [0.4, 0.5) is 0 Å². The second kappa shape index (κ2) is 10.4. The summed E-state index contributed by atoms with van der Waals surface area (Å²) in [5, 5.41) is 10.1. The zero-order valence-electron chi connectivity index (χ0n) is 19.5. The standard InChI is InChI=1S/C27H34N2O3S/c1-21(2)10-11-22-12-14-24(15-13-22)27-25-18-28(16-6-7-17-29(25)26(27)19-30)33(31,32)20-23-8-4-3-5-9-23/h3-5,8-9,12-15,21,25-27,30H,6-7,16-20H2,1-2H3/t25-,26+,27+/m0/s1. The van der Waals surface area contributed by atoms with Gasteiger partial charge in [-0.1, -0.05) is 68.2 Å². The average molecular weight is 467 g/mol. The van der Waals surface area contributed by atoms with E-state index in [0.717, 1.165) is 36.1 Å². The number of fused-ring (bicyclic) bond motifs is 1. The molecule has 33 heavy (non-hydrogen) atoms. The molecule has 0 saturated carbocycles. The smallest absolute Gasteiger partial charge is 0.218 e. The summed E-state index contributed by atoms with van der Waals surface area (Å²) < 4.78 is 28.3. The first-order chi connectivity index (χ1) is 15.9. The van der Waals surface area contributed by atoms with Crippen molar-refractivity contribution in [3.8, 4) is 11.8 Å². The third kappa shape index (κ3) is 5.50. The highest BCUT2D eigenvalue weighted by Gasteiger charge is 2.50. The topological polar surface area (TPSA) is 60.9 Å². The van der Waals surface area contributed by atoms with Crippen molar-refractivity contribution in [1.82, 2.24) is 9.21 Å². The van der Waals surface area contributed by atoms with E-state index in [-0.39, 0.29) is 30.4 Å². The zero-order valence-corrected chi connectivity index (χ0v) is 20.3. The molecule has 2 fully saturated rings. The molecule has 176 valence electrons. The van der Waals surface area contributed by atoms with E-state index in [2.05, 4.69) is 42.7 Å². The minimum absolute atomic E-state index is 0.0257. The lowest BCUT2D eigenvalue weighted by atomic mass is 9.74. The lowest BCUT2D eigenvalue weighted by Gasteiger charge is -2.57. The normalized spacial score (nSPS) is 24.2. The van der Waals surface area contributed by atoms with E-state index in [9.17, 15) is 13.5 Å². The number of hydrogen-bond acceptors (Lipinski definition) is 4. The fourth-order valence-corrected chi connectivity index (χ4v) is 6.64. The van der Waals surface area contributed by atoms with Gasteiger partial charge in [0.2, 0.25) is 10.0 Å². The first-order valence-electron chi connectivity index (χ1n) is 11.9. The van der Waals surface area contributed by atoms with E-state index in [1.807, 2.05) is 42.5 Å². The molecule has 0 bridgehead atoms. The maximum absolute atomic E-state index is 13.3. The molecule has 2 aromatic rings. The van der Waals surface area contributed by atoms with Crippen LogP contribution in [0.2, 0.25) is 0 Å². The van der Waals surface area contributed by atoms with Crippen LogP contribution in [-0.2, 0) is 15.8 Å². The van der Waals surface area contributed by atoms with Gasteiger partial charge in [0.1, 0.15) is 0 Å². The fourth-order valence-electron chi connectivity index (χ4n) is 5.05. The Bertz CT molecular complexity index is 1090. The Kier molecular flexibility index (Phi) is 7.55. The van der Waals surface area contributed by atoms with Crippen molar-refractivity contribution in [3.05, 3.63) is 71.3 Å². The number of aliphatic hydroxyl groups excluding tert-OH is 1. The largest absolute Gasteiger partial charge is 0.395 e. The van der Waals surface area contributed by atoms with Crippen LogP contribution in [0.5, 0.6) is 0 Å². The number of sulfonamides is 1. The van der Waals surface area contributed by atoms with Crippen molar-refractivity contribution in [2.45, 2.75) is 50.4 Å². The monoisotopic (exact) mass is 466 g/mol. The Hall–Kier alpha value is -2.17. The van der Waals surface area contributed by atoms with Crippen molar-refractivity contribution in [2.24, 2.45) is 5.92 Å². The summed E-state index contributed by atoms with van der Waals surface area (Å²) in [6, 6.07) is 17.7. The van der Waals surface area contributed by atoms with Gasteiger partial charge in [0, 0.05) is 42.6 Å². The molecule has 2 saturated heterocycles. The molecule has 2 aromatic carbocycles. The van der Waals surface area contributed by atoms with Gasteiger partial charge in [-0.25, -0.2) is 12.7 Å². The number of benzene rings is 2. The summed E-state index contributed by atoms with van der Waals surface area (Å²) >= 11 is 0. The summed E-state index contributed by atoms with van der Waals surface area (Å²) in [5.41, 5.74) is 2.94. The molecule has 0 spiro atoms. The maximum atomic E-state index is 13.3. The molecule has 0 aromatic heterocycles. The van der Waals surface area contributed by atoms with Gasteiger partial charge in [-0.2, -0.15) is 0 Å². The van der Waals surface area contributed by atoms with Crippen LogP contribution in [0, 0.1) is 17.8 Å². The molecule has 3 atom stereocenters. The van der Waals surface area contributed by atoms with Crippen molar-refractivity contribution in [3.63, 3.8) is 0 Å². The number of rotatable bonds is 5. The molecule has 2 aliphatic rings. The van der Waals surface area contributed by atoms with E-state index >= 15 is 0 Å². The Balaban J connectivity index is 1.55. The van der Waals surface area contributed by atoms with Crippen LogP contribution in [0.3, 0.4) is 0 Å². The van der Waals surface area contributed by atoms with Gasteiger partial charge in [-0.15, -0.1) is 0 Å². The van der Waals surface area contributed by atoms with Gasteiger partial charge in [0.25, 0.3) is 0 Å². The summed E-state index contributed by atoms with van der Waals surface area (Å²) in [4.78, 5) is 2.31. The Labute approximate surface area is 198 Å². The molecule has 2 aliphatic heterocycles. The van der Waals surface area contributed by atoms with Crippen molar-refractivity contribution in [1.29, 1.82) is 0 Å². The Morgan fingerprint density at radius 1 is 1.03 bits per heavy atom. The lowest BCUT2D eigenvalue weighted by Crippen LogP contribution is -2.67. The van der Waals surface area contributed by atoms with Crippen LogP contribution in [-0.4, -0.2) is 61.1 Å². The first-order valence-corrected chi connectivity index (χ1v) is 13.5.